The first kappa shape index (κ1) is 14.7. The van der Waals surface area contributed by atoms with E-state index in [1.807, 2.05) is 0 Å². The lowest BCUT2D eigenvalue weighted by atomic mass is 10.2. The van der Waals surface area contributed by atoms with Gasteiger partial charge < -0.3 is 5.73 Å². The van der Waals surface area contributed by atoms with Crippen LogP contribution in [0.3, 0.4) is 0 Å². The van der Waals surface area contributed by atoms with E-state index in [9.17, 15) is 14.3 Å². The largest absolute Gasteiger partial charge is 0.398 e. The number of nitrogens with zero attached hydrogens (tertiary/aromatic N) is 1. The number of nitrogen functional groups attached to an aromatic ring is 1. The Morgan fingerprint density at radius 1 is 1.20 bits per heavy atom. The van der Waals surface area contributed by atoms with Gasteiger partial charge in [0.1, 0.15) is 0 Å². The Kier molecular flexibility index (Phi) is 4.51. The molecule has 0 spiro atoms. The second-order valence-corrected chi connectivity index (χ2v) is 6.43. The number of benzene rings is 2. The molecule has 1 atom stereocenters. The molecule has 0 amide bonds. The average molecular weight is 355 g/mol. The Morgan fingerprint density at radius 3 is 2.40 bits per heavy atom. The van der Waals surface area contributed by atoms with Gasteiger partial charge in [0.25, 0.3) is 5.69 Å². The fraction of sp³-hybridized carbons (Fsp3) is 0.0769. The van der Waals surface area contributed by atoms with Crippen LogP contribution >= 0.6 is 15.9 Å². The molecule has 0 aliphatic heterocycles. The van der Waals surface area contributed by atoms with E-state index in [1.165, 1.54) is 12.1 Å². The molecular formula is C13H11BrN2O3S. The zero-order valence-corrected chi connectivity index (χ0v) is 12.7. The Hall–Kier alpha value is -1.73. The lowest BCUT2D eigenvalue weighted by Crippen LogP contribution is -2.01. The lowest BCUT2D eigenvalue weighted by molar-refractivity contribution is -0.384. The SMILES string of the molecule is Nc1cc(Br)ccc1S(=O)Cc1ccc([N+](=O)[O-])cc1. The molecule has 7 heteroatoms. The third-order valence-electron chi connectivity index (χ3n) is 2.66. The number of nitrogens with two attached hydrogens (primary N) is 1. The van der Waals surface area contributed by atoms with Crippen molar-refractivity contribution in [1.82, 2.24) is 0 Å². The van der Waals surface area contributed by atoms with Gasteiger partial charge in [-0.3, -0.25) is 14.3 Å². The molecular weight excluding hydrogens is 344 g/mol. The minimum atomic E-state index is -1.29. The van der Waals surface area contributed by atoms with E-state index in [-0.39, 0.29) is 11.4 Å². The monoisotopic (exact) mass is 354 g/mol. The first-order valence-corrected chi connectivity index (χ1v) is 7.75. The second kappa shape index (κ2) is 6.15. The van der Waals surface area contributed by atoms with Crippen LogP contribution in [-0.2, 0) is 16.6 Å². The molecule has 2 aromatic rings. The van der Waals surface area contributed by atoms with Gasteiger partial charge in [0, 0.05) is 22.3 Å². The summed E-state index contributed by atoms with van der Waals surface area (Å²) >= 11 is 3.29. The molecule has 20 heavy (non-hydrogen) atoms. The highest BCUT2D eigenvalue weighted by Gasteiger charge is 2.11. The van der Waals surface area contributed by atoms with Gasteiger partial charge in [-0.2, -0.15) is 0 Å². The molecule has 2 aromatic carbocycles. The quantitative estimate of drug-likeness (QED) is 0.518. The minimum Gasteiger partial charge on any atom is -0.398 e. The molecule has 0 fully saturated rings. The van der Waals surface area contributed by atoms with Crippen molar-refractivity contribution in [2.24, 2.45) is 0 Å². The van der Waals surface area contributed by atoms with Gasteiger partial charge in [0.2, 0.25) is 0 Å². The predicted molar refractivity (Wildman–Crippen MR) is 81.8 cm³/mol. The number of rotatable bonds is 4. The fourth-order valence-corrected chi connectivity index (χ4v) is 3.24. The molecule has 2 rings (SSSR count). The van der Waals surface area contributed by atoms with Crippen molar-refractivity contribution in [2.75, 3.05) is 5.73 Å². The molecule has 1 unspecified atom stereocenters. The van der Waals surface area contributed by atoms with Crippen LogP contribution in [0.4, 0.5) is 11.4 Å². The maximum absolute atomic E-state index is 12.2. The van der Waals surface area contributed by atoms with Crippen LogP contribution in [-0.4, -0.2) is 9.13 Å². The normalized spacial score (nSPS) is 12.1. The van der Waals surface area contributed by atoms with Crippen molar-refractivity contribution in [3.63, 3.8) is 0 Å². The van der Waals surface area contributed by atoms with Crippen molar-refractivity contribution in [2.45, 2.75) is 10.6 Å². The maximum atomic E-state index is 12.2. The summed E-state index contributed by atoms with van der Waals surface area (Å²) in [5.41, 5.74) is 7.06. The van der Waals surface area contributed by atoms with Crippen LogP contribution in [0.1, 0.15) is 5.56 Å². The molecule has 0 saturated heterocycles. The molecule has 0 heterocycles. The van der Waals surface area contributed by atoms with E-state index in [2.05, 4.69) is 15.9 Å². The molecule has 0 aliphatic carbocycles. The van der Waals surface area contributed by atoms with Gasteiger partial charge >= 0.3 is 0 Å². The molecule has 0 radical (unpaired) electrons. The Labute approximate surface area is 126 Å². The van der Waals surface area contributed by atoms with Crippen molar-refractivity contribution >= 4 is 38.1 Å². The second-order valence-electron chi connectivity index (χ2n) is 4.10. The summed E-state index contributed by atoms with van der Waals surface area (Å²) in [5, 5.41) is 10.6. The van der Waals surface area contributed by atoms with Gasteiger partial charge in [-0.15, -0.1) is 0 Å². The molecule has 104 valence electrons. The van der Waals surface area contributed by atoms with E-state index in [1.54, 1.807) is 30.3 Å². The third kappa shape index (κ3) is 3.43. The highest BCUT2D eigenvalue weighted by atomic mass is 79.9. The van der Waals surface area contributed by atoms with Crippen LogP contribution < -0.4 is 5.73 Å². The number of nitro benzene ring substituents is 1. The molecule has 0 bridgehead atoms. The number of nitro groups is 1. The molecule has 5 nitrogen and oxygen atoms in total. The number of hydrogen-bond acceptors (Lipinski definition) is 4. The molecule has 0 saturated carbocycles. The van der Waals surface area contributed by atoms with Crippen LogP contribution in [0.5, 0.6) is 0 Å². The van der Waals surface area contributed by atoms with Gasteiger partial charge in [0.05, 0.1) is 26.4 Å². The number of halogens is 1. The van der Waals surface area contributed by atoms with Gasteiger partial charge in [-0.1, -0.05) is 28.1 Å². The Balaban J connectivity index is 2.17. The van der Waals surface area contributed by atoms with Gasteiger partial charge in [-0.25, -0.2) is 0 Å². The van der Waals surface area contributed by atoms with E-state index >= 15 is 0 Å². The standard InChI is InChI=1S/C13H11BrN2O3S/c14-10-3-6-13(12(15)7-10)20(19)8-9-1-4-11(5-2-9)16(17)18/h1-7H,8,15H2. The van der Waals surface area contributed by atoms with E-state index < -0.39 is 15.7 Å². The van der Waals surface area contributed by atoms with Crippen molar-refractivity contribution in [3.05, 3.63) is 62.6 Å². The van der Waals surface area contributed by atoms with Crippen molar-refractivity contribution in [3.8, 4) is 0 Å². The molecule has 0 aliphatic rings. The Morgan fingerprint density at radius 2 is 1.85 bits per heavy atom. The Bertz CT molecular complexity index is 674. The summed E-state index contributed by atoms with van der Waals surface area (Å²) in [4.78, 5) is 10.7. The number of non-ortho nitro benzene ring substituents is 1. The highest BCUT2D eigenvalue weighted by molar-refractivity contribution is 9.10. The van der Waals surface area contributed by atoms with Crippen LogP contribution in [0, 0.1) is 10.1 Å². The van der Waals surface area contributed by atoms with Crippen LogP contribution in [0.25, 0.3) is 0 Å². The highest BCUT2D eigenvalue weighted by Crippen LogP contribution is 2.23. The predicted octanol–water partition coefficient (Wildman–Crippen LogP) is 3.25. The lowest BCUT2D eigenvalue weighted by Gasteiger charge is -2.06. The van der Waals surface area contributed by atoms with E-state index in [4.69, 9.17) is 5.73 Å². The summed E-state index contributed by atoms with van der Waals surface area (Å²) in [6.45, 7) is 0. The molecule has 2 N–H and O–H groups in total. The van der Waals surface area contributed by atoms with Crippen LogP contribution in [0.2, 0.25) is 0 Å². The minimum absolute atomic E-state index is 0.0164. The van der Waals surface area contributed by atoms with Gasteiger partial charge in [0.15, 0.2) is 0 Å². The first-order valence-electron chi connectivity index (χ1n) is 5.64. The smallest absolute Gasteiger partial charge is 0.269 e. The summed E-state index contributed by atoms with van der Waals surface area (Å²) in [6, 6.07) is 11.2. The third-order valence-corrected chi connectivity index (χ3v) is 4.61. The fourth-order valence-electron chi connectivity index (χ4n) is 1.67. The topological polar surface area (TPSA) is 86.2 Å². The summed E-state index contributed by atoms with van der Waals surface area (Å²) < 4.78 is 13.1. The summed E-state index contributed by atoms with van der Waals surface area (Å²) in [6.07, 6.45) is 0. The molecule has 0 aromatic heterocycles. The summed E-state index contributed by atoms with van der Waals surface area (Å²) in [7, 11) is -1.29. The van der Waals surface area contributed by atoms with E-state index in [0.717, 1.165) is 10.0 Å². The zero-order chi connectivity index (χ0) is 14.7. The first-order chi connectivity index (χ1) is 9.47. The van der Waals surface area contributed by atoms with Gasteiger partial charge in [-0.05, 0) is 23.8 Å². The maximum Gasteiger partial charge on any atom is 0.269 e. The van der Waals surface area contributed by atoms with E-state index in [0.29, 0.717) is 10.6 Å². The van der Waals surface area contributed by atoms with Crippen LogP contribution in [0.15, 0.2) is 51.8 Å². The van der Waals surface area contributed by atoms with Crippen molar-refractivity contribution in [1.29, 1.82) is 0 Å². The average Bonchev–Trinajstić information content (AvgIpc) is 2.39. The van der Waals surface area contributed by atoms with Crippen molar-refractivity contribution < 1.29 is 9.13 Å². The zero-order valence-electron chi connectivity index (χ0n) is 10.3. The summed E-state index contributed by atoms with van der Waals surface area (Å²) in [5.74, 6) is 0.268. The number of anilines is 1. The number of hydrogen-bond donors (Lipinski definition) is 1.